The average Bonchev–Trinajstić information content (AvgIpc) is 1.88. The zero-order chi connectivity index (χ0) is 7.56. The van der Waals surface area contributed by atoms with Crippen LogP contribution in [-0.4, -0.2) is 19.1 Å². The van der Waals surface area contributed by atoms with Crippen molar-refractivity contribution in [3.05, 3.63) is 23.9 Å². The highest BCUT2D eigenvalue weighted by Gasteiger charge is 1.94. The van der Waals surface area contributed by atoms with Crippen molar-refractivity contribution in [3.8, 4) is 0 Å². The number of anilines is 1. The molecular formula is C8H11N2. The van der Waals surface area contributed by atoms with Crippen LogP contribution in [0.15, 0.2) is 12.1 Å². The van der Waals surface area contributed by atoms with Crippen molar-refractivity contribution in [1.29, 1.82) is 0 Å². The Labute approximate surface area is 61.5 Å². The van der Waals surface area contributed by atoms with E-state index in [9.17, 15) is 0 Å². The molecule has 0 aliphatic heterocycles. The minimum absolute atomic E-state index is 0.889. The van der Waals surface area contributed by atoms with Crippen LogP contribution in [0.3, 0.4) is 0 Å². The van der Waals surface area contributed by atoms with Gasteiger partial charge in [-0.3, -0.25) is 0 Å². The van der Waals surface area contributed by atoms with E-state index >= 15 is 0 Å². The van der Waals surface area contributed by atoms with E-state index < -0.39 is 0 Å². The molecule has 0 amide bonds. The second kappa shape index (κ2) is 2.69. The van der Waals surface area contributed by atoms with Gasteiger partial charge in [-0.2, -0.15) is 0 Å². The second-order valence-corrected chi connectivity index (χ2v) is 2.45. The summed E-state index contributed by atoms with van der Waals surface area (Å²) in [4.78, 5) is 6.18. The van der Waals surface area contributed by atoms with Crippen LogP contribution in [-0.2, 0) is 0 Å². The molecule has 0 fully saturated rings. The number of hydrogen-bond acceptors (Lipinski definition) is 2. The standard InChI is InChI=1S/C8H11N2/c1-7-5-4-6-8(9-7)10(2)3/h4-5H,1-3H3. The largest absolute Gasteiger partial charge is 0.362 e. The molecule has 0 spiro atoms. The molecule has 0 N–H and O–H groups in total. The Morgan fingerprint density at radius 2 is 2.20 bits per heavy atom. The molecule has 0 bridgehead atoms. The number of rotatable bonds is 1. The maximum absolute atomic E-state index is 4.24. The molecule has 1 rings (SSSR count). The third kappa shape index (κ3) is 1.47. The molecule has 1 heterocycles. The van der Waals surface area contributed by atoms with Crippen LogP contribution in [0.25, 0.3) is 0 Å². The lowest BCUT2D eigenvalue weighted by Crippen LogP contribution is -2.10. The van der Waals surface area contributed by atoms with E-state index in [1.165, 1.54) is 0 Å². The fourth-order valence-corrected chi connectivity index (χ4v) is 0.702. The maximum Gasteiger partial charge on any atom is 0.136 e. The number of hydrogen-bond donors (Lipinski definition) is 0. The Morgan fingerprint density at radius 3 is 2.60 bits per heavy atom. The molecule has 0 unspecified atom stereocenters. The van der Waals surface area contributed by atoms with E-state index in [0.29, 0.717) is 0 Å². The number of aryl methyl sites for hydroxylation is 1. The van der Waals surface area contributed by atoms with Crippen molar-refractivity contribution in [1.82, 2.24) is 4.98 Å². The highest BCUT2D eigenvalue weighted by Crippen LogP contribution is 2.04. The first kappa shape index (κ1) is 7.06. The molecule has 1 aromatic heterocycles. The molecule has 2 nitrogen and oxygen atoms in total. The van der Waals surface area contributed by atoms with Gasteiger partial charge in [-0.25, -0.2) is 4.98 Å². The summed E-state index contributed by atoms with van der Waals surface area (Å²) in [6.07, 6.45) is 0. The first-order chi connectivity index (χ1) is 4.70. The van der Waals surface area contributed by atoms with Crippen LogP contribution >= 0.6 is 0 Å². The Kier molecular flexibility index (Phi) is 1.90. The molecule has 0 atom stereocenters. The van der Waals surface area contributed by atoms with E-state index in [4.69, 9.17) is 0 Å². The second-order valence-electron chi connectivity index (χ2n) is 2.45. The van der Waals surface area contributed by atoms with Crippen LogP contribution in [0.5, 0.6) is 0 Å². The van der Waals surface area contributed by atoms with E-state index in [2.05, 4.69) is 11.1 Å². The van der Waals surface area contributed by atoms with Crippen LogP contribution in [0.1, 0.15) is 5.69 Å². The average molecular weight is 135 g/mol. The van der Waals surface area contributed by atoms with Crippen LogP contribution in [0.2, 0.25) is 0 Å². The molecule has 1 radical (unpaired) electrons. The van der Waals surface area contributed by atoms with Gasteiger partial charge in [-0.1, -0.05) is 0 Å². The molecule has 2 heteroatoms. The van der Waals surface area contributed by atoms with Crippen molar-refractivity contribution in [2.75, 3.05) is 19.0 Å². The van der Waals surface area contributed by atoms with E-state index in [1.54, 1.807) is 0 Å². The molecule has 0 aromatic carbocycles. The number of nitrogens with zero attached hydrogens (tertiary/aromatic N) is 2. The quantitative estimate of drug-likeness (QED) is 0.576. The highest BCUT2D eigenvalue weighted by molar-refractivity contribution is 5.35. The van der Waals surface area contributed by atoms with Gasteiger partial charge in [-0.05, 0) is 19.1 Å². The summed E-state index contributed by atoms with van der Waals surface area (Å²) in [6.45, 7) is 1.97. The lowest BCUT2D eigenvalue weighted by molar-refractivity contribution is 1.04. The molecule has 0 aliphatic rings. The summed E-state index contributed by atoms with van der Waals surface area (Å²) < 4.78 is 0. The SMILES string of the molecule is Cc1cc[c]c(N(C)C)n1. The fourth-order valence-electron chi connectivity index (χ4n) is 0.702. The fraction of sp³-hybridized carbons (Fsp3) is 0.375. The Bertz CT molecular complexity index is 218. The normalized spacial score (nSPS) is 9.50. The van der Waals surface area contributed by atoms with Crippen LogP contribution in [0, 0.1) is 13.0 Å². The molecule has 1 aromatic rings. The topological polar surface area (TPSA) is 16.1 Å². The number of aromatic nitrogens is 1. The molecule has 0 saturated carbocycles. The first-order valence-corrected chi connectivity index (χ1v) is 3.23. The van der Waals surface area contributed by atoms with Gasteiger partial charge < -0.3 is 4.90 Å². The van der Waals surface area contributed by atoms with Gasteiger partial charge in [0.05, 0.1) is 0 Å². The van der Waals surface area contributed by atoms with Crippen molar-refractivity contribution in [2.24, 2.45) is 0 Å². The highest BCUT2D eigenvalue weighted by atomic mass is 15.1. The third-order valence-corrected chi connectivity index (χ3v) is 1.24. The summed E-state index contributed by atoms with van der Waals surface area (Å²) in [5, 5.41) is 0. The zero-order valence-corrected chi connectivity index (χ0v) is 6.55. The smallest absolute Gasteiger partial charge is 0.136 e. The van der Waals surface area contributed by atoms with Gasteiger partial charge in [-0.15, -0.1) is 0 Å². The minimum atomic E-state index is 0.889. The first-order valence-electron chi connectivity index (χ1n) is 3.23. The predicted octanol–water partition coefficient (Wildman–Crippen LogP) is 1.26. The van der Waals surface area contributed by atoms with Crippen LogP contribution in [0.4, 0.5) is 5.82 Å². The van der Waals surface area contributed by atoms with Crippen molar-refractivity contribution in [3.63, 3.8) is 0 Å². The summed E-state index contributed by atoms with van der Waals surface area (Å²) in [6, 6.07) is 6.85. The lowest BCUT2D eigenvalue weighted by Gasteiger charge is -2.09. The number of pyridine rings is 1. The van der Waals surface area contributed by atoms with Gasteiger partial charge in [0, 0.05) is 25.9 Å². The van der Waals surface area contributed by atoms with Gasteiger partial charge in [0.25, 0.3) is 0 Å². The minimum Gasteiger partial charge on any atom is -0.362 e. The van der Waals surface area contributed by atoms with Crippen molar-refractivity contribution < 1.29 is 0 Å². The molecular weight excluding hydrogens is 124 g/mol. The summed E-state index contributed by atoms with van der Waals surface area (Å²) in [5.41, 5.74) is 1.03. The summed E-state index contributed by atoms with van der Waals surface area (Å²) in [7, 11) is 3.91. The molecule has 53 valence electrons. The lowest BCUT2D eigenvalue weighted by atomic mass is 10.4. The molecule has 0 aliphatic carbocycles. The summed E-state index contributed by atoms with van der Waals surface area (Å²) >= 11 is 0. The van der Waals surface area contributed by atoms with E-state index in [0.717, 1.165) is 11.5 Å². The Balaban J connectivity index is 2.96. The Morgan fingerprint density at radius 1 is 1.50 bits per heavy atom. The van der Waals surface area contributed by atoms with Gasteiger partial charge >= 0.3 is 0 Å². The maximum atomic E-state index is 4.24. The van der Waals surface area contributed by atoms with E-state index in [-0.39, 0.29) is 0 Å². The van der Waals surface area contributed by atoms with Crippen molar-refractivity contribution in [2.45, 2.75) is 6.92 Å². The van der Waals surface area contributed by atoms with Gasteiger partial charge in [0.15, 0.2) is 0 Å². The monoisotopic (exact) mass is 135 g/mol. The van der Waals surface area contributed by atoms with Gasteiger partial charge in [0.1, 0.15) is 5.82 Å². The van der Waals surface area contributed by atoms with Crippen LogP contribution < -0.4 is 4.90 Å². The van der Waals surface area contributed by atoms with E-state index in [1.807, 2.05) is 38.1 Å². The molecule has 10 heavy (non-hydrogen) atoms. The Hall–Kier alpha value is -1.05. The summed E-state index contributed by atoms with van der Waals surface area (Å²) in [5.74, 6) is 0.889. The van der Waals surface area contributed by atoms with Crippen molar-refractivity contribution >= 4 is 5.82 Å². The van der Waals surface area contributed by atoms with Gasteiger partial charge in [0.2, 0.25) is 0 Å². The zero-order valence-electron chi connectivity index (χ0n) is 6.55. The predicted molar refractivity (Wildman–Crippen MR) is 42.1 cm³/mol. The third-order valence-electron chi connectivity index (χ3n) is 1.24. The molecule has 0 saturated heterocycles.